The number of pyridine rings is 12. The lowest BCUT2D eigenvalue weighted by Gasteiger charge is -2.27. The van der Waals surface area contributed by atoms with Crippen LogP contribution in [0, 0.1) is 35.5 Å². The third-order valence-corrected chi connectivity index (χ3v) is 29.8. The van der Waals surface area contributed by atoms with Crippen LogP contribution in [-0.4, -0.2) is 234 Å². The highest BCUT2D eigenvalue weighted by atomic mass is 16.5. The fourth-order valence-corrected chi connectivity index (χ4v) is 19.0. The average Bonchev–Trinajstić information content (AvgIpc) is 1.68. The van der Waals surface area contributed by atoms with Gasteiger partial charge in [0.1, 0.15) is 74.1 Å². The van der Waals surface area contributed by atoms with Crippen LogP contribution in [-0.2, 0) is 67.5 Å². The number of aryl methyl sites for hydroxylation is 1. The monoisotopic (exact) mass is 2010 g/mol. The van der Waals surface area contributed by atoms with Gasteiger partial charge in [0.15, 0.2) is 0 Å². The number of aromatic nitrogens is 12. The summed E-state index contributed by atoms with van der Waals surface area (Å²) >= 11 is 0. The Bertz CT molecular complexity index is 5460. The first-order chi connectivity index (χ1) is 73.3. The van der Waals surface area contributed by atoms with Crippen LogP contribution in [0.3, 0.4) is 0 Å². The third-order valence-electron chi connectivity index (χ3n) is 29.8. The molecule has 6 aliphatic carbocycles. The van der Waals surface area contributed by atoms with Gasteiger partial charge in [0.25, 0.3) is 0 Å². The van der Waals surface area contributed by atoms with Crippen molar-refractivity contribution < 1.29 is 56.8 Å². The molecule has 12 aliphatic rings. The normalized spacial score (nSPS) is 24.7. The van der Waals surface area contributed by atoms with Crippen molar-refractivity contribution in [2.45, 2.75) is 194 Å². The van der Waals surface area contributed by atoms with Crippen molar-refractivity contribution in [2.75, 3.05) is 138 Å². The highest BCUT2D eigenvalue weighted by molar-refractivity contribution is 5.37. The third kappa shape index (κ3) is 34.6. The molecule has 0 unspecified atom stereocenters. The average molecular weight is 2010 g/mol. The van der Waals surface area contributed by atoms with E-state index in [1.165, 1.54) is 126 Å². The van der Waals surface area contributed by atoms with Crippen LogP contribution in [0.5, 0.6) is 34.5 Å². The first-order valence-electron chi connectivity index (χ1n) is 54.0. The Balaban J connectivity index is 0.000000112. The SMILES string of the molecule is c1cc(CCCOC[C@H]2C[C@@H]2c2cncc(OC[C@@H]3CCN3)c2)ccn1.c1cc(CCOC[C@H]2C[C@@H]2c2cncc(OC[C@@H]3CCN3)c2)ccn1.c1cc(COC[C@H]2C[C@@H]2c2cncc(OC[C@@H]3CCN3)c2)ccn1.c1ccc(COC[C@H]2C[C@@H]2c2cncc(OC[C@@H]3CCN3)c2)nc1.c1cncc(CCOC[C@H]2C[C@@H]2c2cncc(OC[C@@H]3CCN3)c2)c1.c1cncc(COC[C@H]2C[C@@H]2c2cncc(OC[C@@H]3CCN3)c2)c1. The van der Waals surface area contributed by atoms with Crippen molar-refractivity contribution in [3.63, 3.8) is 0 Å². The molecule has 18 heterocycles. The smallest absolute Gasteiger partial charge is 0.137 e. The van der Waals surface area contributed by atoms with Gasteiger partial charge in [0, 0.05) is 155 Å². The second-order valence-electron chi connectivity index (χ2n) is 41.3. The molecule has 12 fully saturated rings. The number of nitrogens with one attached hydrogen (secondary N) is 6. The molecule has 0 bridgehead atoms. The van der Waals surface area contributed by atoms with Crippen LogP contribution in [0.1, 0.15) is 186 Å². The van der Waals surface area contributed by atoms with Crippen LogP contribution >= 0.6 is 0 Å². The molecule has 24 rings (SSSR count). The minimum atomic E-state index is 0.502. The first-order valence-corrected chi connectivity index (χ1v) is 54.0. The van der Waals surface area contributed by atoms with E-state index in [1.54, 1.807) is 49.6 Å². The summed E-state index contributed by atoms with van der Waals surface area (Å²) in [5.74, 6) is 12.3. The van der Waals surface area contributed by atoms with Crippen LogP contribution in [0.4, 0.5) is 0 Å². The zero-order valence-electron chi connectivity index (χ0n) is 85.2. The van der Waals surface area contributed by atoms with Crippen molar-refractivity contribution in [1.82, 2.24) is 91.7 Å². The second-order valence-corrected chi connectivity index (χ2v) is 41.3. The summed E-state index contributed by atoms with van der Waals surface area (Å²) in [4.78, 5) is 50.7. The Labute approximate surface area is 870 Å². The van der Waals surface area contributed by atoms with E-state index in [2.05, 4.69) is 146 Å². The molecule has 6 aliphatic heterocycles. The van der Waals surface area contributed by atoms with E-state index in [0.29, 0.717) is 127 Å². The van der Waals surface area contributed by atoms with Crippen molar-refractivity contribution in [2.24, 2.45) is 35.5 Å². The molecule has 12 aromatic rings. The molecule has 148 heavy (non-hydrogen) atoms. The predicted molar refractivity (Wildman–Crippen MR) is 565 cm³/mol. The number of ether oxygens (including phenoxy) is 12. The van der Waals surface area contributed by atoms with Crippen molar-refractivity contribution >= 4 is 0 Å². The molecule has 780 valence electrons. The lowest BCUT2D eigenvalue weighted by atomic mass is 10.1. The molecular weight excluding hydrogens is 1860 g/mol. The molecule has 18 atom stereocenters. The zero-order valence-corrected chi connectivity index (χ0v) is 85.2. The van der Waals surface area contributed by atoms with Crippen molar-refractivity contribution in [1.29, 1.82) is 0 Å². The standard InChI is InChI=1S/C21H27N3O2.2C20H25N3O2.3C19H23N3O2/c1(2-16-3-6-22-7-4-16)9-25-14-18-11-21(18)17-10-20(13-23-12-17)26-15-19-5-8-24-19;1-5-21-6-2-15(1)4-8-24-13-17-10-20(17)16-9-19(12-22-11-16)25-14-18-3-7-23-18;1-2-15(10-21-5-1)4-7-24-13-17-9-20(17)16-8-19(12-22-11-16)25-14-18-3-6-23-18;1-4-20-5-2-14(1)11-23-12-16-8-19(16)15-7-18(10-21-9-15)24-13-17-3-6-22-17;1-2-14(8-20-4-1)11-23-12-16-7-19(16)15-6-18(10-21-9-15)24-13-17-3-5-22-17;1-2-5-21-16(3-1)12-23-11-15-8-19(15)14-7-18(10-20-9-14)24-13-17-4-6-22-17/h3-4,6-7,10,12-13,18-19,21,24H,1-2,5,8-9,11,14-15H2;1-2,5-6,9,11-12,17-18,20,23H,3-4,7-8,10,13-14H2;1-2,5,8,10-12,17-18,20,23H,3-4,6-7,9,13-14H2;1-2,4-5,7,9-10,16-17,19,22H,3,6,8,11-13H2;1-2,4,6,8-10,16-17,19,22H,3,5,7,11-13H2;1-3,5,7,9-10,15,17,19,22H,4,6,8,11-13H2/t18-,19+,21-;2*17-,18+,20-;2*16-,17+,19-;15-,17+,19-/m111111/s1. The Kier molecular flexibility index (Phi) is 39.7. The van der Waals surface area contributed by atoms with E-state index in [4.69, 9.17) is 56.8 Å². The number of nitrogens with zero attached hydrogens (tertiary/aromatic N) is 12. The maximum atomic E-state index is 5.89. The van der Waals surface area contributed by atoms with E-state index in [1.807, 2.05) is 154 Å². The Morgan fingerprint density at radius 3 is 0.804 bits per heavy atom. The molecule has 6 saturated carbocycles. The first kappa shape index (κ1) is 105. The highest BCUT2D eigenvalue weighted by Crippen LogP contribution is 2.53. The molecule has 0 spiro atoms. The van der Waals surface area contributed by atoms with Gasteiger partial charge in [-0.15, -0.1) is 0 Å². The molecular formula is C118H146N18O12. The minimum Gasteiger partial charge on any atom is -0.490 e. The van der Waals surface area contributed by atoms with Crippen LogP contribution in [0.25, 0.3) is 0 Å². The summed E-state index contributed by atoms with van der Waals surface area (Å²) in [7, 11) is 0. The molecule has 0 amide bonds. The van der Waals surface area contributed by atoms with E-state index in [9.17, 15) is 0 Å². The summed E-state index contributed by atoms with van der Waals surface area (Å²) in [6.07, 6.45) is 61.0. The highest BCUT2D eigenvalue weighted by Gasteiger charge is 2.44. The van der Waals surface area contributed by atoms with Gasteiger partial charge >= 0.3 is 0 Å². The number of hydrogen-bond acceptors (Lipinski definition) is 30. The van der Waals surface area contributed by atoms with E-state index < -0.39 is 0 Å². The largest absolute Gasteiger partial charge is 0.490 e. The second kappa shape index (κ2) is 56.1. The van der Waals surface area contributed by atoms with Gasteiger partial charge in [-0.25, -0.2) is 0 Å². The predicted octanol–water partition coefficient (Wildman–Crippen LogP) is 15.7. The fourth-order valence-electron chi connectivity index (χ4n) is 19.0. The Hall–Kier alpha value is -11.9. The molecule has 6 saturated heterocycles. The molecule has 12 aromatic heterocycles. The van der Waals surface area contributed by atoms with Gasteiger partial charge < -0.3 is 88.7 Å². The van der Waals surface area contributed by atoms with Crippen LogP contribution in [0.2, 0.25) is 0 Å². The zero-order chi connectivity index (χ0) is 100.0. The van der Waals surface area contributed by atoms with Gasteiger partial charge in [-0.3, -0.25) is 59.8 Å². The summed E-state index contributed by atoms with van der Waals surface area (Å²) in [5, 5.41) is 20.1. The van der Waals surface area contributed by atoms with Crippen LogP contribution < -0.4 is 60.3 Å². The van der Waals surface area contributed by atoms with Gasteiger partial charge in [0.05, 0.1) is 109 Å². The summed E-state index contributed by atoms with van der Waals surface area (Å²) in [6, 6.07) is 42.0. The van der Waals surface area contributed by atoms with Gasteiger partial charge in [-0.2, -0.15) is 0 Å². The molecule has 30 nitrogen and oxygen atoms in total. The summed E-state index contributed by atoms with van der Waals surface area (Å²) < 4.78 is 70.2. The number of hydrogen-bond donors (Lipinski definition) is 6. The fraction of sp³-hybridized carbons (Fsp3) is 0.492. The van der Waals surface area contributed by atoms with Gasteiger partial charge in [0.2, 0.25) is 0 Å². The molecule has 30 heteroatoms. The van der Waals surface area contributed by atoms with Crippen molar-refractivity contribution in [3.8, 4) is 34.5 Å². The Morgan fingerprint density at radius 2 is 0.507 bits per heavy atom. The van der Waals surface area contributed by atoms with E-state index in [-0.39, 0.29) is 0 Å². The lowest BCUT2D eigenvalue weighted by Crippen LogP contribution is -2.46. The molecule has 0 radical (unpaired) electrons. The summed E-state index contributed by atoms with van der Waals surface area (Å²) in [6.45, 7) is 20.1. The van der Waals surface area contributed by atoms with Gasteiger partial charge in [-0.1, -0.05) is 18.2 Å². The van der Waals surface area contributed by atoms with E-state index >= 15 is 0 Å². The quantitative estimate of drug-likeness (QED) is 0.0193. The topological polar surface area (TPSA) is 338 Å². The maximum absolute atomic E-state index is 5.89. The maximum Gasteiger partial charge on any atom is 0.137 e. The van der Waals surface area contributed by atoms with Crippen LogP contribution in [0.15, 0.2) is 258 Å². The summed E-state index contributed by atoms with van der Waals surface area (Å²) in [5.41, 5.74) is 14.7. The lowest BCUT2D eigenvalue weighted by molar-refractivity contribution is 0.107. The van der Waals surface area contributed by atoms with Gasteiger partial charge in [-0.05, 0) is 371 Å². The number of rotatable bonds is 52. The molecule has 6 N–H and O–H groups in total. The van der Waals surface area contributed by atoms with Crippen molar-refractivity contribution in [3.05, 3.63) is 325 Å². The minimum absolute atomic E-state index is 0.502. The molecule has 0 aromatic carbocycles. The van der Waals surface area contributed by atoms with E-state index in [0.717, 1.165) is 216 Å². The Morgan fingerprint density at radius 1 is 0.223 bits per heavy atom.